The van der Waals surface area contributed by atoms with Crippen LogP contribution in [0.4, 0.5) is 13.2 Å². The average molecular weight is 384 g/mol. The van der Waals surface area contributed by atoms with Gasteiger partial charge in [-0.25, -0.2) is 9.98 Å². The molecule has 0 saturated heterocycles. The Morgan fingerprint density at radius 3 is 2.65 bits per heavy atom. The van der Waals surface area contributed by atoms with Gasteiger partial charge in [0, 0.05) is 17.8 Å². The number of alkyl halides is 3. The molecule has 0 saturated carbocycles. The summed E-state index contributed by atoms with van der Waals surface area (Å²) in [4.78, 5) is 8.91. The molecule has 0 spiro atoms. The number of hydrogen-bond donors (Lipinski definition) is 2. The number of nitrogens with zero attached hydrogens (tertiary/aromatic N) is 2. The number of aliphatic imine (C=N–C) groups is 1. The third kappa shape index (κ3) is 6.01. The lowest BCUT2D eigenvalue weighted by Gasteiger charge is -2.11. The number of thiazole rings is 1. The minimum absolute atomic E-state index is 0.160. The number of hydrogen-bond acceptors (Lipinski definition) is 3. The van der Waals surface area contributed by atoms with Gasteiger partial charge in [-0.2, -0.15) is 13.2 Å². The van der Waals surface area contributed by atoms with E-state index in [0.29, 0.717) is 30.5 Å². The molecule has 0 aliphatic heterocycles. The molecule has 0 amide bonds. The predicted octanol–water partition coefficient (Wildman–Crippen LogP) is 4.54. The molecule has 0 bridgehead atoms. The van der Waals surface area contributed by atoms with E-state index in [2.05, 4.69) is 34.5 Å². The Morgan fingerprint density at radius 2 is 2.04 bits per heavy atom. The van der Waals surface area contributed by atoms with Gasteiger partial charge in [0.25, 0.3) is 0 Å². The van der Waals surface area contributed by atoms with Gasteiger partial charge in [-0.15, -0.1) is 11.3 Å². The van der Waals surface area contributed by atoms with Crippen LogP contribution in [0.3, 0.4) is 0 Å². The van der Waals surface area contributed by atoms with Gasteiger partial charge < -0.3 is 10.6 Å². The van der Waals surface area contributed by atoms with Crippen molar-refractivity contribution in [3.63, 3.8) is 0 Å². The molecule has 1 aromatic heterocycles. The summed E-state index contributed by atoms with van der Waals surface area (Å²) in [6.45, 7) is 7.45. The first kappa shape index (κ1) is 20.2. The van der Waals surface area contributed by atoms with E-state index in [0.717, 1.165) is 22.8 Å². The molecule has 0 aliphatic rings. The number of rotatable bonds is 6. The molecule has 0 atom stereocenters. The van der Waals surface area contributed by atoms with Crippen molar-refractivity contribution in [2.75, 3.05) is 6.54 Å². The van der Waals surface area contributed by atoms with E-state index >= 15 is 0 Å². The fourth-order valence-electron chi connectivity index (χ4n) is 2.20. The molecule has 0 aliphatic carbocycles. The highest BCUT2D eigenvalue weighted by molar-refractivity contribution is 7.09. The Bertz CT molecular complexity index is 738. The van der Waals surface area contributed by atoms with Crippen molar-refractivity contribution < 1.29 is 13.2 Å². The Hall–Kier alpha value is -2.09. The Labute approximate surface area is 155 Å². The van der Waals surface area contributed by atoms with Crippen molar-refractivity contribution in [3.05, 3.63) is 51.5 Å². The summed E-state index contributed by atoms with van der Waals surface area (Å²) in [5, 5.41) is 9.33. The third-order valence-corrected chi connectivity index (χ3v) is 4.71. The number of aromatic nitrogens is 1. The van der Waals surface area contributed by atoms with Gasteiger partial charge in [-0.05, 0) is 24.6 Å². The van der Waals surface area contributed by atoms with E-state index in [1.54, 1.807) is 17.4 Å². The van der Waals surface area contributed by atoms with Crippen LogP contribution in [-0.2, 0) is 19.3 Å². The molecule has 8 heteroatoms. The zero-order valence-electron chi connectivity index (χ0n) is 15.0. The van der Waals surface area contributed by atoms with Crippen LogP contribution in [0, 0.1) is 0 Å². The average Bonchev–Trinajstić information content (AvgIpc) is 3.06. The maximum atomic E-state index is 12.8. The van der Waals surface area contributed by atoms with Crippen molar-refractivity contribution >= 4 is 17.3 Å². The number of nitrogens with one attached hydrogen (secondary N) is 2. The lowest BCUT2D eigenvalue weighted by molar-refractivity contribution is -0.137. The molecule has 0 radical (unpaired) electrons. The van der Waals surface area contributed by atoms with Crippen LogP contribution < -0.4 is 10.6 Å². The summed E-state index contributed by atoms with van der Waals surface area (Å²) < 4.78 is 38.4. The van der Waals surface area contributed by atoms with E-state index in [-0.39, 0.29) is 6.54 Å². The fraction of sp³-hybridized carbons (Fsp3) is 0.444. The molecule has 2 N–H and O–H groups in total. The molecule has 1 aromatic carbocycles. The van der Waals surface area contributed by atoms with E-state index in [1.165, 1.54) is 6.07 Å². The highest BCUT2D eigenvalue weighted by Crippen LogP contribution is 2.29. The third-order valence-electron chi connectivity index (χ3n) is 3.52. The first-order valence-corrected chi connectivity index (χ1v) is 9.30. The molecule has 4 nitrogen and oxygen atoms in total. The Kier molecular flexibility index (Phi) is 7.02. The van der Waals surface area contributed by atoms with Gasteiger partial charge >= 0.3 is 6.18 Å². The summed E-state index contributed by atoms with van der Waals surface area (Å²) in [7, 11) is 0. The number of benzene rings is 1. The lowest BCUT2D eigenvalue weighted by atomic mass is 10.1. The Morgan fingerprint density at radius 1 is 1.27 bits per heavy atom. The SMILES string of the molecule is CCNC(=NCc1cccc(C(F)(F)F)c1)NCc1csc(C(C)C)n1. The highest BCUT2D eigenvalue weighted by Gasteiger charge is 2.30. The Balaban J connectivity index is 2.02. The van der Waals surface area contributed by atoms with Crippen LogP contribution >= 0.6 is 11.3 Å². The molecule has 2 aromatic rings. The lowest BCUT2D eigenvalue weighted by Crippen LogP contribution is -2.36. The topological polar surface area (TPSA) is 49.3 Å². The maximum Gasteiger partial charge on any atom is 0.416 e. The van der Waals surface area contributed by atoms with Gasteiger partial charge in [-0.3, -0.25) is 0 Å². The summed E-state index contributed by atoms with van der Waals surface area (Å²) >= 11 is 1.62. The van der Waals surface area contributed by atoms with E-state index in [1.807, 2.05) is 12.3 Å². The zero-order valence-corrected chi connectivity index (χ0v) is 15.8. The van der Waals surface area contributed by atoms with Crippen molar-refractivity contribution in [1.82, 2.24) is 15.6 Å². The summed E-state index contributed by atoms with van der Waals surface area (Å²) in [6, 6.07) is 5.22. The zero-order chi connectivity index (χ0) is 19.2. The van der Waals surface area contributed by atoms with Crippen LogP contribution in [0.25, 0.3) is 0 Å². The normalized spacial score (nSPS) is 12.5. The van der Waals surface area contributed by atoms with Gasteiger partial charge in [-0.1, -0.05) is 26.0 Å². The first-order chi connectivity index (χ1) is 12.3. The van der Waals surface area contributed by atoms with E-state index in [4.69, 9.17) is 0 Å². The van der Waals surface area contributed by atoms with Gasteiger partial charge in [0.05, 0.1) is 29.4 Å². The molecule has 142 valence electrons. The van der Waals surface area contributed by atoms with Crippen LogP contribution in [0.1, 0.15) is 48.5 Å². The van der Waals surface area contributed by atoms with Crippen molar-refractivity contribution in [3.8, 4) is 0 Å². The van der Waals surface area contributed by atoms with Crippen molar-refractivity contribution in [2.45, 2.75) is 46.0 Å². The van der Waals surface area contributed by atoms with Gasteiger partial charge in [0.1, 0.15) is 0 Å². The standard InChI is InChI=1S/C18H23F3N4S/c1-4-22-17(24-10-15-11-26-16(25-15)12(2)3)23-9-13-6-5-7-14(8-13)18(19,20)21/h5-8,11-12H,4,9-10H2,1-3H3,(H2,22,23,24). The van der Waals surface area contributed by atoms with Crippen molar-refractivity contribution in [2.24, 2.45) is 4.99 Å². The predicted molar refractivity (Wildman–Crippen MR) is 99.3 cm³/mol. The minimum atomic E-state index is -4.35. The smallest absolute Gasteiger partial charge is 0.357 e. The maximum absolute atomic E-state index is 12.8. The monoisotopic (exact) mass is 384 g/mol. The molecule has 26 heavy (non-hydrogen) atoms. The second kappa shape index (κ2) is 9.02. The molecule has 0 unspecified atom stereocenters. The molecule has 1 heterocycles. The van der Waals surface area contributed by atoms with Crippen molar-refractivity contribution in [1.29, 1.82) is 0 Å². The summed E-state index contributed by atoms with van der Waals surface area (Å²) in [6.07, 6.45) is -4.35. The molecule has 0 fully saturated rings. The van der Waals surface area contributed by atoms with Gasteiger partial charge in [0.15, 0.2) is 5.96 Å². The first-order valence-electron chi connectivity index (χ1n) is 8.42. The molecular formula is C18H23F3N4S. The van der Waals surface area contributed by atoms with Crippen LogP contribution in [0.15, 0.2) is 34.6 Å². The van der Waals surface area contributed by atoms with E-state index in [9.17, 15) is 13.2 Å². The summed E-state index contributed by atoms with van der Waals surface area (Å²) in [5.74, 6) is 0.931. The highest BCUT2D eigenvalue weighted by atomic mass is 32.1. The minimum Gasteiger partial charge on any atom is -0.357 e. The van der Waals surface area contributed by atoms with Gasteiger partial charge in [0.2, 0.25) is 0 Å². The number of guanidine groups is 1. The van der Waals surface area contributed by atoms with E-state index < -0.39 is 11.7 Å². The van der Waals surface area contributed by atoms with Crippen LogP contribution in [-0.4, -0.2) is 17.5 Å². The van der Waals surface area contributed by atoms with Crippen LogP contribution in [0.2, 0.25) is 0 Å². The molecule has 2 rings (SSSR count). The largest absolute Gasteiger partial charge is 0.416 e. The van der Waals surface area contributed by atoms with Crippen LogP contribution in [0.5, 0.6) is 0 Å². The quantitative estimate of drug-likeness (QED) is 0.568. The number of halogens is 3. The summed E-state index contributed by atoms with van der Waals surface area (Å²) in [5.41, 5.74) is 0.767. The second-order valence-corrected chi connectivity index (χ2v) is 6.97. The second-order valence-electron chi connectivity index (χ2n) is 6.08. The fourth-order valence-corrected chi connectivity index (χ4v) is 3.04. The molecular weight excluding hydrogens is 361 g/mol.